The Hall–Kier alpha value is -7.14. The van der Waals surface area contributed by atoms with Gasteiger partial charge in [0.25, 0.3) is 0 Å². The van der Waals surface area contributed by atoms with Gasteiger partial charge in [0.05, 0.1) is 21.5 Å². The first-order valence-corrected chi connectivity index (χ1v) is 17.1. The quantitative estimate of drug-likeness (QED) is 0.136. The largest absolute Gasteiger partial charge is 0.452 e. The number of hydrogen-bond donors (Lipinski definition) is 0. The van der Waals surface area contributed by atoms with Crippen molar-refractivity contribution in [2.75, 3.05) is 0 Å². The summed E-state index contributed by atoms with van der Waals surface area (Å²) in [6, 6.07) is 40.7. The van der Waals surface area contributed by atoms with Crippen molar-refractivity contribution in [2.45, 2.75) is 13.8 Å². The molecule has 0 fully saturated rings. The van der Waals surface area contributed by atoms with E-state index in [1.165, 1.54) is 11.1 Å². The van der Waals surface area contributed by atoms with E-state index in [2.05, 4.69) is 98.2 Å². The molecule has 0 atom stereocenters. The molecule has 0 aliphatic carbocycles. The van der Waals surface area contributed by atoms with Crippen molar-refractivity contribution in [3.63, 3.8) is 0 Å². The van der Waals surface area contributed by atoms with Gasteiger partial charge in [-0.1, -0.05) is 83.4 Å². The number of aryl methyl sites for hydroxylation is 2. The van der Waals surface area contributed by atoms with Crippen LogP contribution in [0, 0.1) is 37.5 Å². The second-order valence-corrected chi connectivity index (χ2v) is 13.2. The first-order valence-electron chi connectivity index (χ1n) is 17.1. The number of rotatable bonds is 2. The lowest BCUT2D eigenvalue weighted by Crippen LogP contribution is -1.77. The Bertz CT molecular complexity index is 2970. The van der Waals surface area contributed by atoms with Crippen molar-refractivity contribution in [2.24, 2.45) is 0 Å². The highest BCUT2D eigenvalue weighted by Crippen LogP contribution is 2.39. The van der Waals surface area contributed by atoms with Crippen LogP contribution in [0.1, 0.15) is 44.5 Å². The molecule has 0 unspecified atom stereocenters. The van der Waals surface area contributed by atoms with E-state index in [1.807, 2.05) is 72.8 Å². The van der Waals surface area contributed by atoms with Gasteiger partial charge in [-0.2, -0.15) is 0 Å². The van der Waals surface area contributed by atoms with E-state index in [-0.39, 0.29) is 0 Å². The van der Waals surface area contributed by atoms with E-state index in [4.69, 9.17) is 17.7 Å². The molecule has 0 amide bonds. The van der Waals surface area contributed by atoms with Crippen molar-refractivity contribution in [1.82, 2.24) is 0 Å². The lowest BCUT2D eigenvalue weighted by Gasteiger charge is -1.97. The molecule has 10 rings (SSSR count). The van der Waals surface area contributed by atoms with Crippen LogP contribution in [0.25, 0.3) is 78.4 Å². The van der Waals surface area contributed by atoms with Gasteiger partial charge < -0.3 is 17.7 Å². The molecule has 244 valence electrons. The van der Waals surface area contributed by atoms with Gasteiger partial charge in [-0.15, -0.1) is 0 Å². The van der Waals surface area contributed by atoms with Gasteiger partial charge in [-0.25, -0.2) is 0 Å². The van der Waals surface area contributed by atoms with Crippen molar-refractivity contribution >= 4 is 78.4 Å². The average molecular weight is 669 g/mol. The number of fused-ring (bicyclic) bond motifs is 10. The molecule has 4 nitrogen and oxygen atoms in total. The Morgan fingerprint density at radius 2 is 0.654 bits per heavy atom. The maximum Gasteiger partial charge on any atom is 0.181 e. The molecule has 0 spiro atoms. The standard InChI is InChI=1S/C48H28O4/c1-29-3-7-31(8-4-29)11-13-33-17-21-41-37(25-33)45-47(49-41)39-27-35(19-23-43(39)51-45)15-16-36-20-24-44-40(28-36)48-46(52-44)38-26-34(18-22-42(38)50-48)14-12-32-9-5-30(2)6-10-32/h3-10,15-28H,1-2H3. The van der Waals surface area contributed by atoms with Crippen LogP contribution in [0.2, 0.25) is 0 Å². The minimum Gasteiger partial charge on any atom is -0.452 e. The smallest absolute Gasteiger partial charge is 0.181 e. The van der Waals surface area contributed by atoms with Gasteiger partial charge in [0.1, 0.15) is 22.3 Å². The highest BCUT2D eigenvalue weighted by molar-refractivity contribution is 6.14. The van der Waals surface area contributed by atoms with Gasteiger partial charge in [0.15, 0.2) is 22.3 Å². The van der Waals surface area contributed by atoms with Crippen molar-refractivity contribution < 1.29 is 17.7 Å². The second-order valence-electron chi connectivity index (χ2n) is 13.2. The third kappa shape index (κ3) is 5.23. The first-order chi connectivity index (χ1) is 25.5. The fourth-order valence-electron chi connectivity index (χ4n) is 6.67. The van der Waals surface area contributed by atoms with Gasteiger partial charge in [-0.05, 0) is 110 Å². The average Bonchev–Trinajstić information content (AvgIpc) is 3.91. The molecule has 10 aromatic rings. The van der Waals surface area contributed by atoms with Crippen LogP contribution in [0.4, 0.5) is 0 Å². The molecule has 0 bridgehead atoms. The Morgan fingerprint density at radius 1 is 0.346 bits per heavy atom. The maximum atomic E-state index is 6.31. The molecule has 0 saturated heterocycles. The molecule has 0 aliphatic rings. The SMILES string of the molecule is Cc1ccc(C#Cc2ccc3oc4c5cc(C=Cc6ccc7oc8c9cc(C#Cc%10ccc(C)cc%10)ccc9oc8c7c6)ccc5oc4c3c2)cc1. The van der Waals surface area contributed by atoms with Crippen LogP contribution in [-0.2, 0) is 0 Å². The minimum absolute atomic E-state index is 0.732. The summed E-state index contributed by atoms with van der Waals surface area (Å²) in [5.41, 5.74) is 14.3. The van der Waals surface area contributed by atoms with Gasteiger partial charge in [-0.3, -0.25) is 0 Å². The Morgan fingerprint density at radius 3 is 1.04 bits per heavy atom. The van der Waals surface area contributed by atoms with Crippen LogP contribution in [-0.4, -0.2) is 0 Å². The zero-order valence-corrected chi connectivity index (χ0v) is 28.3. The number of furan rings is 4. The molecule has 0 radical (unpaired) electrons. The summed E-state index contributed by atoms with van der Waals surface area (Å²) in [5.74, 6) is 13.1. The summed E-state index contributed by atoms with van der Waals surface area (Å²) < 4.78 is 25.2. The van der Waals surface area contributed by atoms with Crippen LogP contribution < -0.4 is 0 Å². The topological polar surface area (TPSA) is 52.6 Å². The molecular weight excluding hydrogens is 641 g/mol. The molecule has 52 heavy (non-hydrogen) atoms. The van der Waals surface area contributed by atoms with E-state index >= 15 is 0 Å². The summed E-state index contributed by atoms with van der Waals surface area (Å²) in [4.78, 5) is 0. The number of benzene rings is 6. The lowest BCUT2D eigenvalue weighted by atomic mass is 10.1. The second kappa shape index (κ2) is 11.7. The maximum absolute atomic E-state index is 6.31. The zero-order valence-electron chi connectivity index (χ0n) is 28.3. The van der Waals surface area contributed by atoms with Crippen molar-refractivity contribution in [3.8, 4) is 23.7 Å². The third-order valence-electron chi connectivity index (χ3n) is 9.48. The van der Waals surface area contributed by atoms with Gasteiger partial charge >= 0.3 is 0 Å². The molecular formula is C48H28O4. The number of hydrogen-bond acceptors (Lipinski definition) is 4. The highest BCUT2D eigenvalue weighted by atomic mass is 16.4. The molecule has 0 saturated carbocycles. The summed E-state index contributed by atoms with van der Waals surface area (Å²) in [7, 11) is 0. The molecule has 0 N–H and O–H groups in total. The summed E-state index contributed by atoms with van der Waals surface area (Å²) in [5, 5.41) is 3.68. The first kappa shape index (κ1) is 29.7. The zero-order chi connectivity index (χ0) is 34.8. The van der Waals surface area contributed by atoms with Gasteiger partial charge in [0.2, 0.25) is 0 Å². The van der Waals surface area contributed by atoms with Gasteiger partial charge in [0, 0.05) is 22.3 Å². The van der Waals surface area contributed by atoms with Crippen LogP contribution >= 0.6 is 0 Å². The van der Waals surface area contributed by atoms with Crippen LogP contribution in [0.5, 0.6) is 0 Å². The van der Waals surface area contributed by atoms with Crippen LogP contribution in [0.15, 0.2) is 139 Å². The summed E-state index contributed by atoms with van der Waals surface area (Å²) in [6.07, 6.45) is 4.19. The van der Waals surface area contributed by atoms with Crippen molar-refractivity contribution in [3.05, 3.63) is 166 Å². The highest BCUT2D eigenvalue weighted by Gasteiger charge is 2.18. The fourth-order valence-corrected chi connectivity index (χ4v) is 6.67. The minimum atomic E-state index is 0.732. The Labute approximate surface area is 298 Å². The van der Waals surface area contributed by atoms with E-state index in [0.29, 0.717) is 0 Å². The molecule has 4 aromatic heterocycles. The normalized spacial score (nSPS) is 11.7. The molecule has 6 aromatic carbocycles. The van der Waals surface area contributed by atoms with Crippen LogP contribution in [0.3, 0.4) is 0 Å². The Balaban J connectivity index is 0.949. The predicted octanol–water partition coefficient (Wildman–Crippen LogP) is 12.6. The van der Waals surface area contributed by atoms with E-state index in [9.17, 15) is 0 Å². The molecule has 4 heterocycles. The van der Waals surface area contributed by atoms with E-state index in [1.54, 1.807) is 0 Å². The predicted molar refractivity (Wildman–Crippen MR) is 210 cm³/mol. The molecule has 4 heteroatoms. The lowest BCUT2D eigenvalue weighted by molar-refractivity contribution is 0.653. The van der Waals surface area contributed by atoms with E-state index in [0.717, 1.165) is 99.6 Å². The fraction of sp³-hybridized carbons (Fsp3) is 0.0417. The van der Waals surface area contributed by atoms with Crippen molar-refractivity contribution in [1.29, 1.82) is 0 Å². The Kier molecular flexibility index (Phi) is 6.71. The monoisotopic (exact) mass is 668 g/mol. The van der Waals surface area contributed by atoms with E-state index < -0.39 is 0 Å². The third-order valence-corrected chi connectivity index (χ3v) is 9.48. The summed E-state index contributed by atoms with van der Waals surface area (Å²) in [6.45, 7) is 4.15. The molecule has 0 aliphatic heterocycles. The summed E-state index contributed by atoms with van der Waals surface area (Å²) >= 11 is 0.